The topological polar surface area (TPSA) is 39.2 Å². The molecule has 0 amide bonds. The summed E-state index contributed by atoms with van der Waals surface area (Å²) in [5, 5.41) is 0. The van der Waals surface area contributed by atoms with Crippen molar-refractivity contribution < 1.29 is 9.53 Å². The van der Waals surface area contributed by atoms with E-state index in [9.17, 15) is 4.79 Å². The minimum absolute atomic E-state index is 0.214. The van der Waals surface area contributed by atoms with Gasteiger partial charge in [-0.15, -0.1) is 0 Å². The third-order valence-electron chi connectivity index (χ3n) is 2.97. The fourth-order valence-electron chi connectivity index (χ4n) is 2.11. The van der Waals surface area contributed by atoms with Gasteiger partial charge in [0.25, 0.3) is 0 Å². The summed E-state index contributed by atoms with van der Waals surface area (Å²) in [6.07, 6.45) is 1.89. The molecular formula is C13H17NO2. The Balaban J connectivity index is 2.64. The number of esters is 1. The molecular weight excluding hydrogens is 202 g/mol. The standard InChI is InChI=1S/C13H17NO2/c1-7(2)9-5-14-12(8(3)4)11-10(9)6-16-13(11)15/h5,7-8H,6H2,1-4H3. The Morgan fingerprint density at radius 1 is 1.25 bits per heavy atom. The Bertz CT molecular complexity index is 436. The van der Waals surface area contributed by atoms with Crippen LogP contribution in [-0.4, -0.2) is 11.0 Å². The molecule has 0 N–H and O–H groups in total. The van der Waals surface area contributed by atoms with E-state index in [-0.39, 0.29) is 11.9 Å². The number of ether oxygens (including phenoxy) is 1. The molecule has 0 radical (unpaired) electrons. The van der Waals surface area contributed by atoms with Crippen LogP contribution in [0.4, 0.5) is 0 Å². The normalized spacial score (nSPS) is 14.5. The van der Waals surface area contributed by atoms with Gasteiger partial charge >= 0.3 is 5.97 Å². The van der Waals surface area contributed by atoms with E-state index in [1.54, 1.807) is 0 Å². The van der Waals surface area contributed by atoms with E-state index in [1.165, 1.54) is 0 Å². The average molecular weight is 219 g/mol. The molecule has 86 valence electrons. The summed E-state index contributed by atoms with van der Waals surface area (Å²) >= 11 is 0. The van der Waals surface area contributed by atoms with Crippen LogP contribution in [0.3, 0.4) is 0 Å². The lowest BCUT2D eigenvalue weighted by Gasteiger charge is -2.13. The van der Waals surface area contributed by atoms with Crippen molar-refractivity contribution in [2.24, 2.45) is 0 Å². The molecule has 0 atom stereocenters. The van der Waals surface area contributed by atoms with E-state index in [1.807, 2.05) is 20.0 Å². The lowest BCUT2D eigenvalue weighted by molar-refractivity contribution is 0.0533. The summed E-state index contributed by atoms with van der Waals surface area (Å²) in [6.45, 7) is 8.71. The van der Waals surface area contributed by atoms with Crippen LogP contribution in [0.2, 0.25) is 0 Å². The van der Waals surface area contributed by atoms with Gasteiger partial charge in [0.2, 0.25) is 0 Å². The van der Waals surface area contributed by atoms with Crippen LogP contribution in [0.25, 0.3) is 0 Å². The molecule has 1 aliphatic heterocycles. The van der Waals surface area contributed by atoms with Crippen molar-refractivity contribution in [3.63, 3.8) is 0 Å². The van der Waals surface area contributed by atoms with Crippen molar-refractivity contribution in [3.05, 3.63) is 28.6 Å². The molecule has 0 unspecified atom stereocenters. The monoisotopic (exact) mass is 219 g/mol. The number of fused-ring (bicyclic) bond motifs is 1. The van der Waals surface area contributed by atoms with Gasteiger partial charge in [-0.05, 0) is 17.4 Å². The molecule has 2 rings (SSSR count). The average Bonchev–Trinajstić information content (AvgIpc) is 2.59. The largest absolute Gasteiger partial charge is 0.457 e. The Morgan fingerprint density at radius 2 is 1.94 bits per heavy atom. The van der Waals surface area contributed by atoms with E-state index in [0.29, 0.717) is 18.1 Å². The van der Waals surface area contributed by atoms with Crippen molar-refractivity contribution in [2.45, 2.75) is 46.1 Å². The second-order valence-electron chi connectivity index (χ2n) is 4.84. The van der Waals surface area contributed by atoms with Gasteiger partial charge in [-0.2, -0.15) is 0 Å². The van der Waals surface area contributed by atoms with E-state index in [0.717, 1.165) is 16.8 Å². The van der Waals surface area contributed by atoms with E-state index >= 15 is 0 Å². The third kappa shape index (κ3) is 1.60. The highest BCUT2D eigenvalue weighted by molar-refractivity contribution is 5.95. The number of aromatic nitrogens is 1. The minimum atomic E-state index is -0.214. The molecule has 0 saturated heterocycles. The van der Waals surface area contributed by atoms with Crippen molar-refractivity contribution in [1.29, 1.82) is 0 Å². The second kappa shape index (κ2) is 3.89. The summed E-state index contributed by atoms with van der Waals surface area (Å²) in [5.41, 5.74) is 3.74. The van der Waals surface area contributed by atoms with Crippen LogP contribution in [0, 0.1) is 0 Å². The third-order valence-corrected chi connectivity index (χ3v) is 2.97. The van der Waals surface area contributed by atoms with Gasteiger partial charge in [-0.1, -0.05) is 27.7 Å². The number of carbonyl (C=O) groups is 1. The highest BCUT2D eigenvalue weighted by Gasteiger charge is 2.29. The predicted molar refractivity (Wildman–Crippen MR) is 61.5 cm³/mol. The van der Waals surface area contributed by atoms with E-state index in [4.69, 9.17) is 4.74 Å². The lowest BCUT2D eigenvalue weighted by Crippen LogP contribution is -2.07. The maximum absolute atomic E-state index is 11.7. The molecule has 2 heterocycles. The quantitative estimate of drug-likeness (QED) is 0.718. The van der Waals surface area contributed by atoms with Gasteiger partial charge < -0.3 is 4.74 Å². The Morgan fingerprint density at radius 3 is 2.50 bits per heavy atom. The molecule has 0 aromatic carbocycles. The van der Waals surface area contributed by atoms with E-state index < -0.39 is 0 Å². The number of carbonyl (C=O) groups excluding carboxylic acids is 1. The van der Waals surface area contributed by atoms with Crippen LogP contribution in [0.5, 0.6) is 0 Å². The highest BCUT2D eigenvalue weighted by atomic mass is 16.5. The van der Waals surface area contributed by atoms with Crippen LogP contribution in [0.1, 0.15) is 66.7 Å². The summed E-state index contributed by atoms with van der Waals surface area (Å²) in [5.74, 6) is 0.409. The van der Waals surface area contributed by atoms with Crippen molar-refractivity contribution in [1.82, 2.24) is 4.98 Å². The van der Waals surface area contributed by atoms with Crippen molar-refractivity contribution >= 4 is 5.97 Å². The van der Waals surface area contributed by atoms with E-state index in [2.05, 4.69) is 18.8 Å². The SMILES string of the molecule is CC(C)c1cnc(C(C)C)c2c1COC2=O. The first-order chi connectivity index (χ1) is 7.52. The fourth-order valence-corrected chi connectivity index (χ4v) is 2.11. The maximum atomic E-state index is 11.7. The summed E-state index contributed by atoms with van der Waals surface area (Å²) < 4.78 is 5.13. The van der Waals surface area contributed by atoms with Gasteiger partial charge in [0.1, 0.15) is 6.61 Å². The van der Waals surface area contributed by atoms with Gasteiger partial charge in [0.05, 0.1) is 11.3 Å². The Labute approximate surface area is 95.8 Å². The highest BCUT2D eigenvalue weighted by Crippen LogP contribution is 2.32. The fraction of sp³-hybridized carbons (Fsp3) is 0.538. The predicted octanol–water partition coefficient (Wildman–Crippen LogP) is 3.00. The number of hydrogen-bond donors (Lipinski definition) is 0. The van der Waals surface area contributed by atoms with Crippen molar-refractivity contribution in [3.8, 4) is 0 Å². The summed E-state index contributed by atoms with van der Waals surface area (Å²) in [4.78, 5) is 16.1. The van der Waals surface area contributed by atoms with Gasteiger partial charge in [-0.25, -0.2) is 4.79 Å². The lowest BCUT2D eigenvalue weighted by atomic mass is 9.93. The zero-order valence-corrected chi connectivity index (χ0v) is 10.2. The first-order valence-corrected chi connectivity index (χ1v) is 5.71. The van der Waals surface area contributed by atoms with Gasteiger partial charge in [0, 0.05) is 11.8 Å². The molecule has 1 aliphatic rings. The molecule has 3 heteroatoms. The van der Waals surface area contributed by atoms with Crippen molar-refractivity contribution in [2.75, 3.05) is 0 Å². The maximum Gasteiger partial charge on any atom is 0.340 e. The minimum Gasteiger partial charge on any atom is -0.457 e. The number of rotatable bonds is 2. The number of nitrogens with zero attached hydrogens (tertiary/aromatic N) is 1. The molecule has 1 aromatic rings. The first-order valence-electron chi connectivity index (χ1n) is 5.71. The molecule has 0 saturated carbocycles. The summed E-state index contributed by atoms with van der Waals surface area (Å²) in [7, 11) is 0. The smallest absolute Gasteiger partial charge is 0.340 e. The zero-order chi connectivity index (χ0) is 11.9. The molecule has 0 spiro atoms. The molecule has 0 bridgehead atoms. The van der Waals surface area contributed by atoms with Crippen LogP contribution in [0.15, 0.2) is 6.20 Å². The molecule has 16 heavy (non-hydrogen) atoms. The Kier molecular flexibility index (Phi) is 2.70. The molecule has 0 fully saturated rings. The molecule has 0 aliphatic carbocycles. The molecule has 1 aromatic heterocycles. The Hall–Kier alpha value is -1.38. The molecule has 3 nitrogen and oxygen atoms in total. The number of pyridine rings is 1. The van der Waals surface area contributed by atoms with Crippen LogP contribution in [-0.2, 0) is 11.3 Å². The van der Waals surface area contributed by atoms with Crippen LogP contribution < -0.4 is 0 Å². The zero-order valence-electron chi connectivity index (χ0n) is 10.2. The number of hydrogen-bond acceptors (Lipinski definition) is 3. The van der Waals surface area contributed by atoms with Crippen LogP contribution >= 0.6 is 0 Å². The van der Waals surface area contributed by atoms with Gasteiger partial charge in [0.15, 0.2) is 0 Å². The van der Waals surface area contributed by atoms with Gasteiger partial charge in [-0.3, -0.25) is 4.98 Å². The first kappa shape index (κ1) is 11.1. The number of cyclic esters (lactones) is 1. The second-order valence-corrected chi connectivity index (χ2v) is 4.84. The summed E-state index contributed by atoms with van der Waals surface area (Å²) in [6, 6.07) is 0.